The van der Waals surface area contributed by atoms with E-state index in [9.17, 15) is 14.7 Å². The normalized spacial score (nSPS) is 15.6. The summed E-state index contributed by atoms with van der Waals surface area (Å²) >= 11 is 0. The van der Waals surface area contributed by atoms with Crippen LogP contribution in [-0.4, -0.2) is 47.9 Å². The third kappa shape index (κ3) is 4.98. The molecule has 3 rings (SSSR count). The zero-order valence-corrected chi connectivity index (χ0v) is 17.2. The molecule has 0 aromatic heterocycles. The second-order valence-corrected chi connectivity index (χ2v) is 6.91. The molecule has 1 aliphatic rings. The minimum Gasteiger partial charge on any atom is -0.489 e. The van der Waals surface area contributed by atoms with Crippen LogP contribution in [0.4, 0.5) is 4.79 Å². The summed E-state index contributed by atoms with van der Waals surface area (Å²) in [5.74, 6) is 0.0763. The van der Waals surface area contributed by atoms with Gasteiger partial charge in [-0.25, -0.2) is 9.69 Å². The molecule has 2 atom stereocenters. The van der Waals surface area contributed by atoms with Crippen molar-refractivity contribution in [2.45, 2.75) is 39.1 Å². The predicted molar refractivity (Wildman–Crippen MR) is 110 cm³/mol. The average Bonchev–Trinajstić information content (AvgIpc) is 3.21. The molecule has 2 aromatic rings. The van der Waals surface area contributed by atoms with E-state index < -0.39 is 24.2 Å². The quantitative estimate of drug-likeness (QED) is 0.679. The molecule has 2 aromatic carbocycles. The predicted octanol–water partition coefficient (Wildman–Crippen LogP) is 3.25. The van der Waals surface area contributed by atoms with Crippen LogP contribution in [0.15, 0.2) is 48.5 Å². The molecule has 30 heavy (non-hydrogen) atoms. The first-order valence-corrected chi connectivity index (χ1v) is 10.1. The van der Waals surface area contributed by atoms with E-state index in [1.54, 1.807) is 19.1 Å². The lowest BCUT2D eigenvalue weighted by molar-refractivity contribution is -0.148. The molecule has 0 unspecified atom stereocenters. The van der Waals surface area contributed by atoms with Crippen LogP contribution in [0.25, 0.3) is 0 Å². The number of carbonyl (C=O) groups is 2. The summed E-state index contributed by atoms with van der Waals surface area (Å²) < 4.78 is 16.2. The Morgan fingerprint density at radius 2 is 1.97 bits per heavy atom. The number of rotatable bonds is 9. The van der Waals surface area contributed by atoms with Crippen LogP contribution in [0, 0.1) is 0 Å². The summed E-state index contributed by atoms with van der Waals surface area (Å²) in [7, 11) is 0. The molecule has 0 saturated carbocycles. The van der Waals surface area contributed by atoms with Crippen molar-refractivity contribution < 1.29 is 28.9 Å². The lowest BCUT2D eigenvalue weighted by Gasteiger charge is -2.26. The Bertz CT molecular complexity index is 869. The van der Waals surface area contributed by atoms with Crippen molar-refractivity contribution in [1.82, 2.24) is 4.90 Å². The fourth-order valence-corrected chi connectivity index (χ4v) is 3.39. The first kappa shape index (κ1) is 21.8. The highest BCUT2D eigenvalue weighted by Crippen LogP contribution is 2.29. The van der Waals surface area contributed by atoms with Crippen LogP contribution >= 0.6 is 0 Å². The van der Waals surface area contributed by atoms with Gasteiger partial charge in [0.15, 0.2) is 6.10 Å². The number of cyclic esters (lactones) is 1. The average molecular weight is 413 g/mol. The minimum absolute atomic E-state index is 0.146. The summed E-state index contributed by atoms with van der Waals surface area (Å²) in [5.41, 5.74) is 2.47. The van der Waals surface area contributed by atoms with Crippen LogP contribution in [-0.2, 0) is 27.3 Å². The smallest absolute Gasteiger partial charge is 0.416 e. The molecule has 0 bridgehead atoms. The van der Waals surface area contributed by atoms with Crippen molar-refractivity contribution in [2.24, 2.45) is 0 Å². The molecule has 2 amide bonds. The summed E-state index contributed by atoms with van der Waals surface area (Å²) in [6.07, 6.45) is -2.49. The number of aliphatic hydroxyl groups is 1. The van der Waals surface area contributed by atoms with Crippen LogP contribution in [0.3, 0.4) is 0 Å². The Balaban J connectivity index is 1.77. The molecule has 1 aliphatic heterocycles. The number of amides is 2. The van der Waals surface area contributed by atoms with Gasteiger partial charge >= 0.3 is 6.09 Å². The molecule has 1 N–H and O–H groups in total. The highest BCUT2D eigenvalue weighted by molar-refractivity contribution is 5.95. The van der Waals surface area contributed by atoms with Gasteiger partial charge in [0.1, 0.15) is 25.1 Å². The molecule has 160 valence electrons. The maximum absolute atomic E-state index is 12.8. The molecular formula is C23H27NO6. The van der Waals surface area contributed by atoms with Gasteiger partial charge in [0.05, 0.1) is 6.54 Å². The number of hydrogen-bond acceptors (Lipinski definition) is 6. The summed E-state index contributed by atoms with van der Waals surface area (Å²) in [5, 5.41) is 11.0. The lowest BCUT2D eigenvalue weighted by Crippen LogP contribution is -2.44. The van der Waals surface area contributed by atoms with E-state index in [4.69, 9.17) is 14.2 Å². The second-order valence-electron chi connectivity index (χ2n) is 6.91. The Kier molecular flexibility index (Phi) is 7.43. The van der Waals surface area contributed by atoms with E-state index in [-0.39, 0.29) is 19.8 Å². The zero-order valence-electron chi connectivity index (χ0n) is 17.2. The van der Waals surface area contributed by atoms with Gasteiger partial charge in [-0.3, -0.25) is 4.79 Å². The third-order valence-corrected chi connectivity index (χ3v) is 4.97. The van der Waals surface area contributed by atoms with Crippen LogP contribution in [0.1, 0.15) is 36.6 Å². The molecule has 0 spiro atoms. The summed E-state index contributed by atoms with van der Waals surface area (Å²) in [4.78, 5) is 25.6. The largest absolute Gasteiger partial charge is 0.489 e. The molecule has 0 radical (unpaired) electrons. The van der Waals surface area contributed by atoms with Gasteiger partial charge in [-0.05, 0) is 42.2 Å². The van der Waals surface area contributed by atoms with Crippen LogP contribution < -0.4 is 4.74 Å². The van der Waals surface area contributed by atoms with Gasteiger partial charge in [0, 0.05) is 6.61 Å². The van der Waals surface area contributed by atoms with Crippen molar-refractivity contribution in [3.8, 4) is 5.75 Å². The number of carbonyl (C=O) groups excluding carboxylic acids is 2. The van der Waals surface area contributed by atoms with E-state index in [2.05, 4.69) is 0 Å². The van der Waals surface area contributed by atoms with Gasteiger partial charge in [-0.15, -0.1) is 0 Å². The fraction of sp³-hybridized carbons (Fsp3) is 0.391. The fourth-order valence-electron chi connectivity index (χ4n) is 3.39. The molecule has 1 saturated heterocycles. The topological polar surface area (TPSA) is 85.3 Å². The number of ether oxygens (including phenoxy) is 3. The Hall–Kier alpha value is -2.90. The van der Waals surface area contributed by atoms with Gasteiger partial charge in [0.2, 0.25) is 0 Å². The van der Waals surface area contributed by atoms with Gasteiger partial charge in [-0.1, -0.05) is 43.3 Å². The van der Waals surface area contributed by atoms with E-state index >= 15 is 0 Å². The number of aryl methyl sites for hydroxylation is 1. The zero-order chi connectivity index (χ0) is 21.5. The highest BCUT2D eigenvalue weighted by Gasteiger charge is 2.38. The molecule has 7 nitrogen and oxygen atoms in total. The van der Waals surface area contributed by atoms with Gasteiger partial charge in [0.25, 0.3) is 5.91 Å². The maximum atomic E-state index is 12.8. The first-order valence-electron chi connectivity index (χ1n) is 10.1. The van der Waals surface area contributed by atoms with Crippen molar-refractivity contribution in [2.75, 3.05) is 19.8 Å². The van der Waals surface area contributed by atoms with Crippen molar-refractivity contribution in [3.63, 3.8) is 0 Å². The van der Waals surface area contributed by atoms with Gasteiger partial charge < -0.3 is 19.3 Å². The molecular weight excluding hydrogens is 386 g/mol. The SMILES string of the molecule is CCO[C@H](C(=O)N1CCOC1=O)[C@H](O)c1ccc(OCc2ccccc2)cc1CC. The Labute approximate surface area is 176 Å². The maximum Gasteiger partial charge on any atom is 0.416 e. The van der Waals surface area contributed by atoms with Crippen molar-refractivity contribution in [1.29, 1.82) is 0 Å². The molecule has 1 fully saturated rings. The number of nitrogens with zero attached hydrogens (tertiary/aromatic N) is 1. The van der Waals surface area contributed by atoms with Crippen LogP contribution in [0.2, 0.25) is 0 Å². The lowest BCUT2D eigenvalue weighted by atomic mass is 9.96. The Morgan fingerprint density at radius 1 is 1.20 bits per heavy atom. The molecule has 7 heteroatoms. The van der Waals surface area contributed by atoms with Gasteiger partial charge in [-0.2, -0.15) is 0 Å². The summed E-state index contributed by atoms with van der Waals surface area (Å²) in [6, 6.07) is 15.2. The van der Waals surface area contributed by atoms with E-state index in [0.717, 1.165) is 16.0 Å². The summed E-state index contributed by atoms with van der Waals surface area (Å²) in [6.45, 7) is 4.64. The number of hydrogen-bond donors (Lipinski definition) is 1. The monoisotopic (exact) mass is 413 g/mol. The number of aliphatic hydroxyl groups excluding tert-OH is 1. The van der Waals surface area contributed by atoms with E-state index in [0.29, 0.717) is 24.3 Å². The molecule has 0 aliphatic carbocycles. The standard InChI is InChI=1S/C23H27NO6/c1-3-17-14-18(30-15-16-8-6-5-7-9-16)10-11-19(17)20(25)21(28-4-2)22(26)24-12-13-29-23(24)27/h5-11,14,20-21,25H,3-4,12-13,15H2,1-2H3/t20-,21+/m1/s1. The second kappa shape index (κ2) is 10.2. The Morgan fingerprint density at radius 3 is 2.60 bits per heavy atom. The van der Waals surface area contributed by atoms with E-state index in [1.807, 2.05) is 43.3 Å². The number of imide groups is 1. The minimum atomic E-state index is -1.22. The van der Waals surface area contributed by atoms with E-state index in [1.165, 1.54) is 0 Å². The van der Waals surface area contributed by atoms with Crippen LogP contribution in [0.5, 0.6) is 5.75 Å². The van der Waals surface area contributed by atoms with Crippen molar-refractivity contribution in [3.05, 3.63) is 65.2 Å². The molecule has 1 heterocycles. The number of benzene rings is 2. The highest BCUT2D eigenvalue weighted by atomic mass is 16.6. The van der Waals surface area contributed by atoms with Crippen molar-refractivity contribution >= 4 is 12.0 Å². The first-order chi connectivity index (χ1) is 14.5. The third-order valence-electron chi connectivity index (χ3n) is 4.97.